The molecule has 1 aromatic carbocycles. The van der Waals surface area contributed by atoms with E-state index in [0.29, 0.717) is 13.1 Å². The molecule has 1 aliphatic rings. The average Bonchev–Trinajstić information content (AvgIpc) is 2.55. The Kier molecular flexibility index (Phi) is 4.63. The van der Waals surface area contributed by atoms with E-state index in [1.807, 2.05) is 6.07 Å². The molecule has 1 fully saturated rings. The average molecular weight is 356 g/mol. The Hall–Kier alpha value is -1.54. The smallest absolute Gasteiger partial charge is 0.246 e. The fraction of sp³-hybridized carbons (Fsp3) is 0.267. The third kappa shape index (κ3) is 3.23. The number of piperazine rings is 1. The minimum atomic E-state index is -3.97. The Bertz CT molecular complexity index is 802. The standard InChI is InChI=1S/C15H15ClFN3O2S/c16-12-3-4-15(13(17)8-12)23(21,22)20-7-6-19-10-14(20)11-2-1-5-18-9-11/h1-5,8-9,14,19H,6-7,10H2. The number of rotatable bonds is 3. The van der Waals surface area contributed by atoms with Gasteiger partial charge in [-0.25, -0.2) is 12.8 Å². The molecule has 2 aromatic rings. The minimum absolute atomic E-state index is 0.158. The van der Waals surface area contributed by atoms with Gasteiger partial charge in [-0.05, 0) is 29.8 Å². The van der Waals surface area contributed by atoms with E-state index in [1.165, 1.54) is 16.4 Å². The Morgan fingerprint density at radius 2 is 2.17 bits per heavy atom. The first-order chi connectivity index (χ1) is 11.0. The largest absolute Gasteiger partial charge is 0.313 e. The maximum absolute atomic E-state index is 14.1. The van der Waals surface area contributed by atoms with Gasteiger partial charge in [-0.1, -0.05) is 17.7 Å². The molecular formula is C15H15ClFN3O2S. The summed E-state index contributed by atoms with van der Waals surface area (Å²) >= 11 is 5.71. The molecule has 1 N–H and O–H groups in total. The van der Waals surface area contributed by atoms with Gasteiger partial charge in [0.2, 0.25) is 10.0 Å². The van der Waals surface area contributed by atoms with E-state index in [1.54, 1.807) is 18.5 Å². The van der Waals surface area contributed by atoms with E-state index in [-0.39, 0.29) is 16.5 Å². The van der Waals surface area contributed by atoms with Gasteiger partial charge in [0, 0.05) is 37.1 Å². The molecule has 122 valence electrons. The van der Waals surface area contributed by atoms with Crippen LogP contribution >= 0.6 is 11.6 Å². The van der Waals surface area contributed by atoms with Crippen LogP contribution in [0.25, 0.3) is 0 Å². The quantitative estimate of drug-likeness (QED) is 0.917. The molecule has 0 aliphatic carbocycles. The van der Waals surface area contributed by atoms with Crippen molar-refractivity contribution in [2.24, 2.45) is 0 Å². The van der Waals surface area contributed by atoms with Gasteiger partial charge >= 0.3 is 0 Å². The summed E-state index contributed by atoms with van der Waals surface area (Å²) < 4.78 is 41.2. The van der Waals surface area contributed by atoms with Crippen LogP contribution in [0.15, 0.2) is 47.6 Å². The lowest BCUT2D eigenvalue weighted by Gasteiger charge is -2.35. The van der Waals surface area contributed by atoms with Gasteiger partial charge in [0.1, 0.15) is 10.7 Å². The molecular weight excluding hydrogens is 341 g/mol. The highest BCUT2D eigenvalue weighted by Gasteiger charge is 2.36. The second-order valence-electron chi connectivity index (χ2n) is 5.20. The van der Waals surface area contributed by atoms with E-state index < -0.39 is 21.9 Å². The van der Waals surface area contributed by atoms with Crippen molar-refractivity contribution in [1.82, 2.24) is 14.6 Å². The van der Waals surface area contributed by atoms with Crippen molar-refractivity contribution in [1.29, 1.82) is 0 Å². The highest BCUT2D eigenvalue weighted by atomic mass is 35.5. The number of hydrogen-bond donors (Lipinski definition) is 1. The molecule has 1 atom stereocenters. The summed E-state index contributed by atoms with van der Waals surface area (Å²) in [7, 11) is -3.97. The number of aromatic nitrogens is 1. The second kappa shape index (κ2) is 6.52. The number of sulfonamides is 1. The van der Waals surface area contributed by atoms with Gasteiger partial charge < -0.3 is 5.32 Å². The van der Waals surface area contributed by atoms with E-state index >= 15 is 0 Å². The maximum Gasteiger partial charge on any atom is 0.246 e. The van der Waals surface area contributed by atoms with Gasteiger partial charge in [0.25, 0.3) is 0 Å². The molecule has 0 spiro atoms. The minimum Gasteiger partial charge on any atom is -0.313 e. The fourth-order valence-corrected chi connectivity index (χ4v) is 4.46. The Labute approximate surface area is 139 Å². The molecule has 3 rings (SSSR count). The van der Waals surface area contributed by atoms with Crippen LogP contribution in [0.3, 0.4) is 0 Å². The SMILES string of the molecule is O=S(=O)(c1ccc(Cl)cc1F)N1CCNCC1c1cccnc1. The summed E-state index contributed by atoms with van der Waals surface area (Å²) in [6, 6.07) is 6.71. The zero-order valence-electron chi connectivity index (χ0n) is 12.1. The molecule has 8 heteroatoms. The molecule has 1 unspecified atom stereocenters. The monoisotopic (exact) mass is 355 g/mol. The molecule has 23 heavy (non-hydrogen) atoms. The van der Waals surface area contributed by atoms with Crippen molar-refractivity contribution < 1.29 is 12.8 Å². The zero-order valence-corrected chi connectivity index (χ0v) is 13.7. The molecule has 0 bridgehead atoms. The summed E-state index contributed by atoms with van der Waals surface area (Å²) in [6.45, 7) is 1.20. The van der Waals surface area contributed by atoms with Crippen LogP contribution in [0.5, 0.6) is 0 Å². The molecule has 1 saturated heterocycles. The van der Waals surface area contributed by atoms with E-state index in [0.717, 1.165) is 11.6 Å². The zero-order chi connectivity index (χ0) is 16.4. The lowest BCUT2D eigenvalue weighted by molar-refractivity contribution is 0.270. The van der Waals surface area contributed by atoms with Crippen LogP contribution in [0.2, 0.25) is 5.02 Å². The van der Waals surface area contributed by atoms with Gasteiger partial charge in [-0.3, -0.25) is 4.98 Å². The number of benzene rings is 1. The summed E-state index contributed by atoms with van der Waals surface area (Å²) in [6.07, 6.45) is 3.25. The first kappa shape index (κ1) is 16.3. The fourth-order valence-electron chi connectivity index (χ4n) is 2.64. The van der Waals surface area contributed by atoms with Crippen molar-refractivity contribution in [3.63, 3.8) is 0 Å². The van der Waals surface area contributed by atoms with Crippen LogP contribution in [0, 0.1) is 5.82 Å². The van der Waals surface area contributed by atoms with Crippen LogP contribution in [0.1, 0.15) is 11.6 Å². The summed E-state index contributed by atoms with van der Waals surface area (Å²) in [5.74, 6) is -0.846. The lowest BCUT2D eigenvalue weighted by Crippen LogP contribution is -2.48. The first-order valence-corrected chi connectivity index (χ1v) is 8.89. The second-order valence-corrected chi connectivity index (χ2v) is 7.49. The normalized spacial score (nSPS) is 19.7. The molecule has 0 radical (unpaired) electrons. The van der Waals surface area contributed by atoms with Crippen molar-refractivity contribution >= 4 is 21.6 Å². The topological polar surface area (TPSA) is 62.3 Å². The predicted octanol–water partition coefficient (Wildman–Crippen LogP) is 2.21. The highest BCUT2D eigenvalue weighted by molar-refractivity contribution is 7.89. The number of nitrogens with one attached hydrogen (secondary N) is 1. The van der Waals surface area contributed by atoms with E-state index in [4.69, 9.17) is 11.6 Å². The van der Waals surface area contributed by atoms with Crippen molar-refractivity contribution in [2.45, 2.75) is 10.9 Å². The first-order valence-electron chi connectivity index (χ1n) is 7.07. The summed E-state index contributed by atoms with van der Waals surface area (Å²) in [5.41, 5.74) is 0.762. The van der Waals surface area contributed by atoms with Gasteiger partial charge in [0.05, 0.1) is 6.04 Å². The van der Waals surface area contributed by atoms with Crippen LogP contribution in [0.4, 0.5) is 4.39 Å². The number of halogens is 2. The number of hydrogen-bond acceptors (Lipinski definition) is 4. The molecule has 0 saturated carbocycles. The van der Waals surface area contributed by atoms with Crippen LogP contribution < -0.4 is 5.32 Å². The predicted molar refractivity (Wildman–Crippen MR) is 85.1 cm³/mol. The van der Waals surface area contributed by atoms with Crippen molar-refractivity contribution in [3.05, 3.63) is 59.1 Å². The van der Waals surface area contributed by atoms with E-state index in [2.05, 4.69) is 10.3 Å². The molecule has 1 aliphatic heterocycles. The van der Waals surface area contributed by atoms with Crippen molar-refractivity contribution in [2.75, 3.05) is 19.6 Å². The molecule has 0 amide bonds. The molecule has 1 aromatic heterocycles. The Morgan fingerprint density at radius 1 is 1.35 bits per heavy atom. The van der Waals surface area contributed by atoms with Crippen molar-refractivity contribution in [3.8, 4) is 0 Å². The van der Waals surface area contributed by atoms with Crippen LogP contribution in [-0.2, 0) is 10.0 Å². The molecule has 2 heterocycles. The number of pyridine rings is 1. The Morgan fingerprint density at radius 3 is 2.87 bits per heavy atom. The van der Waals surface area contributed by atoms with E-state index in [9.17, 15) is 12.8 Å². The maximum atomic E-state index is 14.1. The third-order valence-corrected chi connectivity index (χ3v) is 5.92. The summed E-state index contributed by atoms with van der Waals surface area (Å²) in [5, 5.41) is 3.32. The highest BCUT2D eigenvalue weighted by Crippen LogP contribution is 2.30. The van der Waals surface area contributed by atoms with Crippen LogP contribution in [-0.4, -0.2) is 37.3 Å². The third-order valence-electron chi connectivity index (χ3n) is 3.74. The van der Waals surface area contributed by atoms with Gasteiger partial charge in [-0.15, -0.1) is 0 Å². The van der Waals surface area contributed by atoms with Gasteiger partial charge in [0.15, 0.2) is 0 Å². The summed E-state index contributed by atoms with van der Waals surface area (Å²) in [4.78, 5) is 3.67. The van der Waals surface area contributed by atoms with Gasteiger partial charge in [-0.2, -0.15) is 4.31 Å². The Balaban J connectivity index is 2.02. The molecule has 5 nitrogen and oxygen atoms in total. The lowest BCUT2D eigenvalue weighted by atomic mass is 10.1. The number of nitrogens with zero attached hydrogens (tertiary/aromatic N) is 2.